The molecule has 2 rings (SSSR count). The van der Waals surface area contributed by atoms with Gasteiger partial charge in [-0.25, -0.2) is 12.8 Å². The molecule has 1 unspecified atom stereocenters. The molecule has 1 atom stereocenters. The Morgan fingerprint density at radius 2 is 2.19 bits per heavy atom. The summed E-state index contributed by atoms with van der Waals surface area (Å²) in [6.07, 6.45) is 0.941. The molecule has 0 spiro atoms. The van der Waals surface area contributed by atoms with E-state index in [0.717, 1.165) is 16.4 Å². The summed E-state index contributed by atoms with van der Waals surface area (Å²) < 4.78 is 44.4. The first-order chi connectivity index (χ1) is 9.86. The van der Waals surface area contributed by atoms with Crippen LogP contribution in [0.5, 0.6) is 0 Å². The lowest BCUT2D eigenvalue weighted by atomic mass is 10.2. The normalized spacial score (nSPS) is 19.6. The fourth-order valence-electron chi connectivity index (χ4n) is 2.37. The summed E-state index contributed by atoms with van der Waals surface area (Å²) in [5.41, 5.74) is 5.50. The third-order valence-corrected chi connectivity index (χ3v) is 5.15. The number of benzene rings is 1. The summed E-state index contributed by atoms with van der Waals surface area (Å²) in [4.78, 5) is 11.6. The van der Waals surface area contributed by atoms with E-state index in [-0.39, 0.29) is 23.7 Å². The number of sulfonamides is 1. The molecule has 0 aromatic heterocycles. The lowest BCUT2D eigenvalue weighted by Crippen LogP contribution is -2.41. The third-order valence-electron chi connectivity index (χ3n) is 3.26. The van der Waals surface area contributed by atoms with Gasteiger partial charge in [0, 0.05) is 12.2 Å². The number of esters is 1. The number of nitrogens with two attached hydrogens (primary N) is 1. The molecule has 6 nitrogen and oxygen atoms in total. The summed E-state index contributed by atoms with van der Waals surface area (Å²) >= 11 is 0. The molecule has 21 heavy (non-hydrogen) atoms. The number of rotatable bonds is 4. The van der Waals surface area contributed by atoms with Crippen molar-refractivity contribution in [3.63, 3.8) is 0 Å². The van der Waals surface area contributed by atoms with Crippen LogP contribution in [0.2, 0.25) is 0 Å². The van der Waals surface area contributed by atoms with E-state index in [1.54, 1.807) is 6.92 Å². The van der Waals surface area contributed by atoms with Gasteiger partial charge in [0.15, 0.2) is 0 Å². The molecular weight excluding hydrogens is 299 g/mol. The van der Waals surface area contributed by atoms with Crippen molar-refractivity contribution in [2.45, 2.75) is 30.7 Å². The highest BCUT2D eigenvalue weighted by Gasteiger charge is 2.40. The second kappa shape index (κ2) is 5.98. The first kappa shape index (κ1) is 15.7. The Labute approximate surface area is 122 Å². The van der Waals surface area contributed by atoms with Crippen LogP contribution in [0.3, 0.4) is 0 Å². The molecule has 0 saturated carbocycles. The molecule has 8 heteroatoms. The summed E-state index contributed by atoms with van der Waals surface area (Å²) in [5, 5.41) is 0. The Morgan fingerprint density at radius 3 is 2.81 bits per heavy atom. The van der Waals surface area contributed by atoms with E-state index in [9.17, 15) is 17.6 Å². The molecular formula is C13H17FN2O4S. The standard InChI is InChI=1S/C13H17FN2O4S/c1-2-20-13(17)12-4-3-5-16(12)21(18,19)11-7-9(14)6-10(15)8-11/h6-8,12H,2-5,15H2,1H3. The minimum atomic E-state index is -3.98. The average Bonchev–Trinajstić information content (AvgIpc) is 2.87. The Kier molecular flexibility index (Phi) is 4.48. The number of nitrogens with zero attached hydrogens (tertiary/aromatic N) is 1. The number of ether oxygens (including phenoxy) is 1. The zero-order valence-corrected chi connectivity index (χ0v) is 12.4. The summed E-state index contributed by atoms with van der Waals surface area (Å²) in [6.45, 7) is 2.03. The van der Waals surface area contributed by atoms with Crippen molar-refractivity contribution in [1.29, 1.82) is 0 Å². The quantitative estimate of drug-likeness (QED) is 0.664. The molecule has 0 amide bonds. The molecule has 2 N–H and O–H groups in total. The van der Waals surface area contributed by atoms with Crippen molar-refractivity contribution < 1.29 is 22.3 Å². The summed E-state index contributed by atoms with van der Waals surface area (Å²) in [7, 11) is -3.98. The van der Waals surface area contributed by atoms with Crippen LogP contribution in [0.4, 0.5) is 10.1 Å². The predicted molar refractivity (Wildman–Crippen MR) is 74.4 cm³/mol. The highest BCUT2D eigenvalue weighted by atomic mass is 32.2. The Morgan fingerprint density at radius 1 is 1.48 bits per heavy atom. The molecule has 0 radical (unpaired) electrons. The van der Waals surface area contributed by atoms with Crippen LogP contribution in [0.25, 0.3) is 0 Å². The van der Waals surface area contributed by atoms with Crippen LogP contribution in [0.1, 0.15) is 19.8 Å². The van der Waals surface area contributed by atoms with Crippen molar-refractivity contribution in [3.05, 3.63) is 24.0 Å². The van der Waals surface area contributed by atoms with Crippen LogP contribution < -0.4 is 5.73 Å². The van der Waals surface area contributed by atoms with Gasteiger partial charge in [0.25, 0.3) is 0 Å². The van der Waals surface area contributed by atoms with Crippen molar-refractivity contribution in [1.82, 2.24) is 4.31 Å². The third kappa shape index (κ3) is 3.16. The van der Waals surface area contributed by atoms with E-state index >= 15 is 0 Å². The second-order valence-corrected chi connectivity index (χ2v) is 6.64. The van der Waals surface area contributed by atoms with Crippen LogP contribution in [-0.2, 0) is 19.6 Å². The van der Waals surface area contributed by atoms with Crippen LogP contribution in [0, 0.1) is 5.82 Å². The Hall–Kier alpha value is -1.67. The topological polar surface area (TPSA) is 89.7 Å². The van der Waals surface area contributed by atoms with Gasteiger partial charge in [-0.2, -0.15) is 4.31 Å². The highest BCUT2D eigenvalue weighted by Crippen LogP contribution is 2.28. The van der Waals surface area contributed by atoms with Gasteiger partial charge in [-0.15, -0.1) is 0 Å². The predicted octanol–water partition coefficient (Wildman–Crippen LogP) is 1.12. The molecule has 0 bridgehead atoms. The molecule has 1 aromatic rings. The minimum absolute atomic E-state index is 0.0143. The van der Waals surface area contributed by atoms with Gasteiger partial charge in [-0.1, -0.05) is 0 Å². The number of carbonyl (C=O) groups is 1. The zero-order valence-electron chi connectivity index (χ0n) is 11.6. The van der Waals surface area contributed by atoms with E-state index in [4.69, 9.17) is 10.5 Å². The molecule has 1 aromatic carbocycles. The fraction of sp³-hybridized carbons (Fsp3) is 0.462. The van der Waals surface area contributed by atoms with Gasteiger partial charge in [0.1, 0.15) is 11.9 Å². The monoisotopic (exact) mass is 316 g/mol. The molecule has 1 saturated heterocycles. The number of anilines is 1. The van der Waals surface area contributed by atoms with Gasteiger partial charge < -0.3 is 10.5 Å². The highest BCUT2D eigenvalue weighted by molar-refractivity contribution is 7.89. The van der Waals surface area contributed by atoms with Crippen molar-refractivity contribution >= 4 is 21.7 Å². The molecule has 1 aliphatic rings. The maximum atomic E-state index is 13.4. The Bertz CT molecular complexity index is 627. The number of hydrogen-bond donors (Lipinski definition) is 1. The maximum Gasteiger partial charge on any atom is 0.324 e. The number of nitrogen functional groups attached to an aromatic ring is 1. The SMILES string of the molecule is CCOC(=O)C1CCCN1S(=O)(=O)c1cc(N)cc(F)c1. The zero-order chi connectivity index (χ0) is 15.6. The number of halogens is 1. The number of hydrogen-bond acceptors (Lipinski definition) is 5. The lowest BCUT2D eigenvalue weighted by Gasteiger charge is -2.22. The van der Waals surface area contributed by atoms with Gasteiger partial charge in [-0.3, -0.25) is 4.79 Å². The second-order valence-electron chi connectivity index (χ2n) is 4.75. The fourth-order valence-corrected chi connectivity index (χ4v) is 4.08. The molecule has 1 heterocycles. The van der Waals surface area contributed by atoms with Crippen LogP contribution in [-0.4, -0.2) is 37.9 Å². The molecule has 1 fully saturated rings. The molecule has 0 aliphatic carbocycles. The molecule has 116 valence electrons. The largest absolute Gasteiger partial charge is 0.465 e. The van der Waals surface area contributed by atoms with Gasteiger partial charge in [0.2, 0.25) is 10.0 Å². The summed E-state index contributed by atoms with van der Waals surface area (Å²) in [5.74, 6) is -1.32. The van der Waals surface area contributed by atoms with E-state index in [2.05, 4.69) is 0 Å². The number of carbonyl (C=O) groups excluding carboxylic acids is 1. The Balaban J connectivity index is 2.36. The smallest absolute Gasteiger partial charge is 0.324 e. The van der Waals surface area contributed by atoms with Crippen molar-refractivity contribution in [2.24, 2.45) is 0 Å². The molecule has 1 aliphatic heterocycles. The van der Waals surface area contributed by atoms with E-state index < -0.39 is 27.9 Å². The first-order valence-electron chi connectivity index (χ1n) is 6.61. The van der Waals surface area contributed by atoms with Crippen LogP contribution >= 0.6 is 0 Å². The van der Waals surface area contributed by atoms with E-state index in [1.807, 2.05) is 0 Å². The first-order valence-corrected chi connectivity index (χ1v) is 8.05. The maximum absolute atomic E-state index is 13.4. The van der Waals surface area contributed by atoms with E-state index in [1.165, 1.54) is 6.07 Å². The van der Waals surface area contributed by atoms with E-state index in [0.29, 0.717) is 12.8 Å². The van der Waals surface area contributed by atoms with Gasteiger partial charge in [0.05, 0.1) is 11.5 Å². The van der Waals surface area contributed by atoms with Gasteiger partial charge in [-0.05, 0) is 38.0 Å². The lowest BCUT2D eigenvalue weighted by molar-refractivity contribution is -0.146. The average molecular weight is 316 g/mol. The minimum Gasteiger partial charge on any atom is -0.465 e. The van der Waals surface area contributed by atoms with Crippen LogP contribution in [0.15, 0.2) is 23.1 Å². The summed E-state index contributed by atoms with van der Waals surface area (Å²) in [6, 6.07) is 2.25. The van der Waals surface area contributed by atoms with Crippen molar-refractivity contribution in [2.75, 3.05) is 18.9 Å². The van der Waals surface area contributed by atoms with Gasteiger partial charge >= 0.3 is 5.97 Å². The van der Waals surface area contributed by atoms with Crippen molar-refractivity contribution in [3.8, 4) is 0 Å².